The summed E-state index contributed by atoms with van der Waals surface area (Å²) in [5.74, 6) is 0.551. The number of thiocarbonyl (C=S) groups is 1. The number of nitrogens with one attached hydrogen (secondary N) is 2. The molecule has 2 fully saturated rings. The number of nitrogens with zero attached hydrogens (tertiary/aromatic N) is 2. The summed E-state index contributed by atoms with van der Waals surface area (Å²) in [6.45, 7) is 11.1. The van der Waals surface area contributed by atoms with Crippen molar-refractivity contribution in [2.45, 2.75) is 71.1 Å². The molecule has 5 nitrogen and oxygen atoms in total. The van der Waals surface area contributed by atoms with Gasteiger partial charge in [-0.25, -0.2) is 0 Å². The molecular weight excluding hydrogens is 380 g/mol. The minimum atomic E-state index is -0.250. The van der Waals surface area contributed by atoms with Crippen LogP contribution in [0.15, 0.2) is 30.3 Å². The summed E-state index contributed by atoms with van der Waals surface area (Å²) in [7, 11) is 0. The summed E-state index contributed by atoms with van der Waals surface area (Å²) in [6.07, 6.45) is 3.78. The first-order valence-corrected chi connectivity index (χ1v) is 11.5. The van der Waals surface area contributed by atoms with Gasteiger partial charge >= 0.3 is 0 Å². The molecule has 0 bridgehead atoms. The number of carbonyl (C=O) groups is 1. The SMILES string of the molecule is CCNC(=S)N1CCC2(CC1)N[C@H](C(C)C)C(=O)N2[C@H](C)CCc1ccccc1. The van der Waals surface area contributed by atoms with Crippen LogP contribution in [0.5, 0.6) is 0 Å². The van der Waals surface area contributed by atoms with Crippen molar-refractivity contribution in [2.75, 3.05) is 19.6 Å². The van der Waals surface area contributed by atoms with Crippen molar-refractivity contribution < 1.29 is 4.79 Å². The number of amides is 1. The van der Waals surface area contributed by atoms with Crippen molar-refractivity contribution in [1.82, 2.24) is 20.4 Å². The summed E-state index contributed by atoms with van der Waals surface area (Å²) >= 11 is 5.51. The largest absolute Gasteiger partial charge is 0.363 e. The van der Waals surface area contributed by atoms with Crippen molar-refractivity contribution in [3.05, 3.63) is 35.9 Å². The van der Waals surface area contributed by atoms with Gasteiger partial charge in [0.15, 0.2) is 5.11 Å². The molecule has 2 saturated heterocycles. The quantitative estimate of drug-likeness (QED) is 0.698. The van der Waals surface area contributed by atoms with Gasteiger partial charge in [0.25, 0.3) is 0 Å². The van der Waals surface area contributed by atoms with Gasteiger partial charge in [-0.3, -0.25) is 10.1 Å². The van der Waals surface area contributed by atoms with Crippen molar-refractivity contribution >= 4 is 23.2 Å². The van der Waals surface area contributed by atoms with Crippen LogP contribution in [0.2, 0.25) is 0 Å². The molecule has 2 heterocycles. The van der Waals surface area contributed by atoms with E-state index in [1.165, 1.54) is 5.56 Å². The molecule has 1 spiro atoms. The lowest BCUT2D eigenvalue weighted by atomic mass is 9.93. The zero-order valence-electron chi connectivity index (χ0n) is 18.3. The molecule has 0 aromatic heterocycles. The second-order valence-electron chi connectivity index (χ2n) is 8.80. The van der Waals surface area contributed by atoms with E-state index in [0.717, 1.165) is 50.4 Å². The van der Waals surface area contributed by atoms with Crippen molar-refractivity contribution in [2.24, 2.45) is 5.92 Å². The summed E-state index contributed by atoms with van der Waals surface area (Å²) < 4.78 is 0. The second-order valence-corrected chi connectivity index (χ2v) is 9.19. The summed E-state index contributed by atoms with van der Waals surface area (Å²) in [4.78, 5) is 17.8. The van der Waals surface area contributed by atoms with E-state index in [2.05, 4.69) is 78.5 Å². The lowest BCUT2D eigenvalue weighted by Gasteiger charge is -2.47. The summed E-state index contributed by atoms with van der Waals surface area (Å²) in [5.41, 5.74) is 1.08. The second kappa shape index (κ2) is 9.43. The van der Waals surface area contributed by atoms with Gasteiger partial charge in [0.05, 0.1) is 11.7 Å². The molecule has 2 aliphatic rings. The third kappa shape index (κ3) is 4.75. The molecule has 29 heavy (non-hydrogen) atoms. The minimum Gasteiger partial charge on any atom is -0.363 e. The summed E-state index contributed by atoms with van der Waals surface area (Å²) in [6, 6.07) is 10.7. The zero-order valence-corrected chi connectivity index (χ0v) is 19.1. The highest BCUT2D eigenvalue weighted by Gasteiger charge is 2.53. The molecule has 1 amide bonds. The fraction of sp³-hybridized carbons (Fsp3) is 0.652. The number of benzene rings is 1. The van der Waals surface area contributed by atoms with E-state index >= 15 is 0 Å². The predicted octanol–water partition coefficient (Wildman–Crippen LogP) is 3.15. The van der Waals surface area contributed by atoms with Crippen LogP contribution in [0.3, 0.4) is 0 Å². The van der Waals surface area contributed by atoms with Gasteiger partial charge in [0.2, 0.25) is 5.91 Å². The first kappa shape index (κ1) is 22.0. The number of hydrogen-bond acceptors (Lipinski definition) is 3. The van der Waals surface area contributed by atoms with Crippen molar-refractivity contribution in [3.63, 3.8) is 0 Å². The number of piperidine rings is 1. The Balaban J connectivity index is 1.73. The molecule has 0 saturated carbocycles. The molecule has 0 aliphatic carbocycles. The van der Waals surface area contributed by atoms with Gasteiger partial charge in [-0.1, -0.05) is 44.2 Å². The van der Waals surface area contributed by atoms with Gasteiger partial charge < -0.3 is 15.1 Å². The Bertz CT molecular complexity index is 700. The van der Waals surface area contributed by atoms with Crippen LogP contribution in [-0.2, 0) is 11.2 Å². The monoisotopic (exact) mass is 416 g/mol. The molecular formula is C23H36N4OS. The van der Waals surface area contributed by atoms with E-state index in [9.17, 15) is 4.79 Å². The van der Waals surface area contributed by atoms with Crippen LogP contribution < -0.4 is 10.6 Å². The Kier molecular flexibility index (Phi) is 7.17. The Morgan fingerprint density at radius 2 is 1.90 bits per heavy atom. The highest BCUT2D eigenvalue weighted by molar-refractivity contribution is 7.80. The Hall–Kier alpha value is -1.66. The molecule has 1 aromatic carbocycles. The van der Waals surface area contributed by atoms with Crippen LogP contribution in [0.1, 0.15) is 52.5 Å². The fourth-order valence-electron chi connectivity index (χ4n) is 4.75. The van der Waals surface area contributed by atoms with Crippen LogP contribution in [0.25, 0.3) is 0 Å². The molecule has 2 aliphatic heterocycles. The van der Waals surface area contributed by atoms with E-state index in [-0.39, 0.29) is 29.6 Å². The molecule has 3 rings (SSSR count). The Morgan fingerprint density at radius 3 is 2.48 bits per heavy atom. The lowest BCUT2D eigenvalue weighted by molar-refractivity contribution is -0.136. The van der Waals surface area contributed by atoms with Gasteiger partial charge in [-0.15, -0.1) is 0 Å². The molecule has 6 heteroatoms. The van der Waals surface area contributed by atoms with Crippen LogP contribution in [0.4, 0.5) is 0 Å². The third-order valence-electron chi connectivity index (χ3n) is 6.40. The zero-order chi connectivity index (χ0) is 21.0. The summed E-state index contributed by atoms with van der Waals surface area (Å²) in [5, 5.41) is 7.85. The standard InChI is InChI=1S/C23H36N4OS/c1-5-24-22(29)26-15-13-23(14-16-26)25-20(17(2)3)21(28)27(23)18(4)11-12-19-9-7-6-8-10-19/h6-10,17-18,20,25H,5,11-16H2,1-4H3,(H,24,29)/t18-,20-/m1/s1. The normalized spacial score (nSPS) is 22.4. The third-order valence-corrected chi connectivity index (χ3v) is 6.80. The maximum atomic E-state index is 13.4. The van der Waals surface area contributed by atoms with E-state index in [1.807, 2.05) is 0 Å². The maximum absolute atomic E-state index is 13.4. The highest BCUT2D eigenvalue weighted by Crippen LogP contribution is 2.36. The fourth-order valence-corrected chi connectivity index (χ4v) is 5.08. The lowest BCUT2D eigenvalue weighted by Crippen LogP contribution is -2.62. The maximum Gasteiger partial charge on any atom is 0.241 e. The van der Waals surface area contributed by atoms with Crippen LogP contribution >= 0.6 is 12.2 Å². The van der Waals surface area contributed by atoms with Crippen molar-refractivity contribution in [1.29, 1.82) is 0 Å². The Labute approximate surface area is 181 Å². The van der Waals surface area contributed by atoms with Gasteiger partial charge in [-0.05, 0) is 50.4 Å². The van der Waals surface area contributed by atoms with Crippen LogP contribution in [0, 0.1) is 5.92 Å². The molecule has 0 radical (unpaired) electrons. The highest BCUT2D eigenvalue weighted by atomic mass is 32.1. The smallest absolute Gasteiger partial charge is 0.241 e. The van der Waals surface area contributed by atoms with E-state index < -0.39 is 0 Å². The number of aryl methyl sites for hydroxylation is 1. The van der Waals surface area contributed by atoms with Gasteiger partial charge in [-0.2, -0.15) is 0 Å². The van der Waals surface area contributed by atoms with Gasteiger partial charge in [0.1, 0.15) is 0 Å². The number of hydrogen-bond donors (Lipinski definition) is 2. The molecule has 0 unspecified atom stereocenters. The van der Waals surface area contributed by atoms with Crippen LogP contribution in [-0.4, -0.2) is 58.2 Å². The minimum absolute atomic E-state index is 0.0959. The molecule has 160 valence electrons. The predicted molar refractivity (Wildman–Crippen MR) is 123 cm³/mol. The first-order valence-electron chi connectivity index (χ1n) is 11.1. The Morgan fingerprint density at radius 1 is 1.24 bits per heavy atom. The van der Waals surface area contributed by atoms with Crippen molar-refractivity contribution in [3.8, 4) is 0 Å². The van der Waals surface area contributed by atoms with Gasteiger partial charge in [0, 0.05) is 38.5 Å². The average molecular weight is 417 g/mol. The average Bonchev–Trinajstić information content (AvgIpc) is 3.00. The number of likely N-dealkylation sites (tertiary alicyclic amines) is 1. The number of rotatable bonds is 6. The first-order chi connectivity index (χ1) is 13.9. The molecule has 2 atom stereocenters. The number of carbonyl (C=O) groups excluding carboxylic acids is 1. The van der Waals surface area contributed by atoms with E-state index in [0.29, 0.717) is 0 Å². The topological polar surface area (TPSA) is 47.6 Å². The van der Waals surface area contributed by atoms with E-state index in [4.69, 9.17) is 12.2 Å². The molecule has 2 N–H and O–H groups in total. The van der Waals surface area contributed by atoms with E-state index in [1.54, 1.807) is 0 Å². The molecule has 1 aromatic rings.